The summed E-state index contributed by atoms with van der Waals surface area (Å²) in [7, 11) is 1.49. The number of rotatable bonds is 10. The second-order valence-corrected chi connectivity index (χ2v) is 10.7. The van der Waals surface area contributed by atoms with Crippen molar-refractivity contribution in [3.8, 4) is 17.2 Å². The van der Waals surface area contributed by atoms with Gasteiger partial charge < -0.3 is 19.5 Å². The number of hydrogen-bond acceptors (Lipinski definition) is 7. The van der Waals surface area contributed by atoms with Crippen LogP contribution in [0.2, 0.25) is 5.02 Å². The Hall–Kier alpha value is -3.22. The van der Waals surface area contributed by atoms with Crippen molar-refractivity contribution in [3.63, 3.8) is 0 Å². The lowest BCUT2D eigenvalue weighted by Gasteiger charge is -2.15. The van der Waals surface area contributed by atoms with Crippen molar-refractivity contribution in [1.82, 2.24) is 4.90 Å². The molecule has 3 amide bonds. The van der Waals surface area contributed by atoms with E-state index in [1.54, 1.807) is 42.5 Å². The van der Waals surface area contributed by atoms with Crippen LogP contribution in [0.1, 0.15) is 18.1 Å². The van der Waals surface area contributed by atoms with Crippen LogP contribution in [-0.2, 0) is 16.2 Å². The molecular formula is C28H24ClIN2O6S. The Morgan fingerprint density at radius 2 is 1.82 bits per heavy atom. The lowest BCUT2D eigenvalue weighted by Crippen LogP contribution is -2.36. The van der Waals surface area contributed by atoms with Gasteiger partial charge in [0, 0.05) is 10.6 Å². The summed E-state index contributed by atoms with van der Waals surface area (Å²) < 4.78 is 17.9. The highest BCUT2D eigenvalue weighted by Crippen LogP contribution is 2.38. The van der Waals surface area contributed by atoms with Gasteiger partial charge in [-0.1, -0.05) is 41.9 Å². The van der Waals surface area contributed by atoms with Crippen molar-refractivity contribution in [1.29, 1.82) is 0 Å². The van der Waals surface area contributed by atoms with Crippen molar-refractivity contribution >= 4 is 74.8 Å². The summed E-state index contributed by atoms with van der Waals surface area (Å²) in [5.41, 5.74) is 1.93. The number of ether oxygens (including phenoxy) is 3. The summed E-state index contributed by atoms with van der Waals surface area (Å²) in [5.74, 6) is 0.455. The molecule has 3 aromatic carbocycles. The first-order valence-corrected chi connectivity index (χ1v) is 14.1. The zero-order valence-corrected chi connectivity index (χ0v) is 24.8. The molecule has 0 unspecified atom stereocenters. The third kappa shape index (κ3) is 7.06. The molecule has 39 heavy (non-hydrogen) atoms. The van der Waals surface area contributed by atoms with Crippen LogP contribution in [-0.4, -0.2) is 42.2 Å². The summed E-state index contributed by atoms with van der Waals surface area (Å²) in [5, 5.41) is 2.76. The average molecular weight is 679 g/mol. The minimum absolute atomic E-state index is 0.202. The van der Waals surface area contributed by atoms with E-state index in [4.69, 9.17) is 25.8 Å². The van der Waals surface area contributed by atoms with Gasteiger partial charge in [0.05, 0.1) is 27.9 Å². The first kappa shape index (κ1) is 28.8. The molecule has 1 aliphatic rings. The molecule has 202 valence electrons. The number of benzene rings is 3. The Labute approximate surface area is 248 Å². The fourth-order valence-electron chi connectivity index (χ4n) is 3.71. The van der Waals surface area contributed by atoms with Crippen LogP contribution < -0.4 is 19.5 Å². The number of amides is 3. The number of nitrogens with zero attached hydrogens (tertiary/aromatic N) is 1. The zero-order valence-electron chi connectivity index (χ0n) is 21.0. The fraction of sp³-hybridized carbons (Fsp3) is 0.179. The topological polar surface area (TPSA) is 94.2 Å². The molecule has 11 heteroatoms. The van der Waals surface area contributed by atoms with Gasteiger partial charge in [0.25, 0.3) is 11.1 Å². The summed E-state index contributed by atoms with van der Waals surface area (Å²) >= 11 is 9.17. The van der Waals surface area contributed by atoms with E-state index in [1.165, 1.54) is 7.11 Å². The third-order valence-electron chi connectivity index (χ3n) is 5.52. The molecule has 0 saturated carbocycles. The quantitative estimate of drug-likeness (QED) is 0.191. The fourth-order valence-corrected chi connectivity index (χ4v) is 5.52. The van der Waals surface area contributed by atoms with Crippen LogP contribution in [0, 0.1) is 3.57 Å². The first-order valence-electron chi connectivity index (χ1n) is 11.8. The van der Waals surface area contributed by atoms with E-state index < -0.39 is 23.6 Å². The van der Waals surface area contributed by atoms with Gasteiger partial charge in [-0.25, -0.2) is 0 Å². The number of imide groups is 1. The van der Waals surface area contributed by atoms with E-state index in [0.29, 0.717) is 40.1 Å². The molecular weight excluding hydrogens is 655 g/mol. The molecule has 1 aliphatic heterocycles. The molecule has 0 spiro atoms. The summed E-state index contributed by atoms with van der Waals surface area (Å²) in [6, 6.07) is 17.9. The van der Waals surface area contributed by atoms with E-state index in [9.17, 15) is 14.4 Å². The number of carbonyl (C=O) groups is 3. The molecule has 8 nitrogen and oxygen atoms in total. The predicted molar refractivity (Wildman–Crippen MR) is 160 cm³/mol. The van der Waals surface area contributed by atoms with E-state index in [-0.39, 0.29) is 11.5 Å². The highest BCUT2D eigenvalue weighted by Gasteiger charge is 2.36. The Bertz CT molecular complexity index is 1450. The van der Waals surface area contributed by atoms with Gasteiger partial charge >= 0.3 is 0 Å². The SMILES string of the molecule is CCOc1cc(/C=C2/SC(=O)N(CC(=O)Nc3ccccc3OC)C2=O)cc(I)c1OCc1ccccc1Cl. The van der Waals surface area contributed by atoms with Crippen LogP contribution >= 0.6 is 46.0 Å². The highest BCUT2D eigenvalue weighted by atomic mass is 127. The third-order valence-corrected chi connectivity index (χ3v) is 7.59. The normalized spacial score (nSPS) is 14.1. The standard InChI is InChI=1S/C28H24ClIN2O6S/c1-3-37-23-13-17(12-20(30)26(23)38-16-18-8-4-5-9-19(18)29)14-24-27(34)32(28(35)39-24)15-25(33)31-21-10-6-7-11-22(21)36-2/h4-14H,3,15-16H2,1-2H3,(H,31,33)/b24-14+. The number of carbonyl (C=O) groups excluding carboxylic acids is 3. The van der Waals surface area contributed by atoms with E-state index in [0.717, 1.165) is 25.8 Å². The number of halogens is 2. The number of anilines is 1. The Morgan fingerprint density at radius 3 is 2.56 bits per heavy atom. The van der Waals surface area contributed by atoms with Gasteiger partial charge in [-0.2, -0.15) is 0 Å². The maximum atomic E-state index is 13.0. The molecule has 0 aromatic heterocycles. The summed E-state index contributed by atoms with van der Waals surface area (Å²) in [6.07, 6.45) is 1.60. The molecule has 0 aliphatic carbocycles. The van der Waals surface area contributed by atoms with Gasteiger partial charge in [0.15, 0.2) is 11.5 Å². The smallest absolute Gasteiger partial charge is 0.294 e. The molecule has 1 heterocycles. The monoisotopic (exact) mass is 678 g/mol. The van der Waals surface area contributed by atoms with E-state index in [2.05, 4.69) is 27.9 Å². The lowest BCUT2D eigenvalue weighted by molar-refractivity contribution is -0.127. The number of thioether (sulfide) groups is 1. The first-order chi connectivity index (χ1) is 18.8. The second kappa shape index (κ2) is 13.2. The number of nitrogens with one attached hydrogen (secondary N) is 1. The van der Waals surface area contributed by atoms with E-state index in [1.807, 2.05) is 31.2 Å². The summed E-state index contributed by atoms with van der Waals surface area (Å²) in [4.78, 5) is 39.3. The largest absolute Gasteiger partial charge is 0.495 e. The van der Waals surface area contributed by atoms with Crippen molar-refractivity contribution in [3.05, 3.63) is 85.3 Å². The Kier molecular flexibility index (Phi) is 9.76. The minimum Gasteiger partial charge on any atom is -0.495 e. The average Bonchev–Trinajstić information content (AvgIpc) is 3.16. The number of para-hydroxylation sites is 2. The van der Waals surface area contributed by atoms with Crippen LogP contribution in [0.5, 0.6) is 17.2 Å². The minimum atomic E-state index is -0.549. The molecule has 3 aromatic rings. The predicted octanol–water partition coefficient (Wildman–Crippen LogP) is 6.61. The maximum absolute atomic E-state index is 13.0. The molecule has 4 rings (SSSR count). The molecule has 0 atom stereocenters. The van der Waals surface area contributed by atoms with Gasteiger partial charge in [-0.15, -0.1) is 0 Å². The van der Waals surface area contributed by atoms with Crippen LogP contribution in [0.4, 0.5) is 10.5 Å². The number of methoxy groups -OCH3 is 1. The van der Waals surface area contributed by atoms with Gasteiger partial charge in [0.2, 0.25) is 5.91 Å². The van der Waals surface area contributed by atoms with Gasteiger partial charge in [-0.05, 0) is 83.2 Å². The van der Waals surface area contributed by atoms with Gasteiger partial charge in [-0.3, -0.25) is 19.3 Å². The highest BCUT2D eigenvalue weighted by molar-refractivity contribution is 14.1. The molecule has 0 bridgehead atoms. The lowest BCUT2D eigenvalue weighted by atomic mass is 10.1. The molecule has 1 saturated heterocycles. The van der Waals surface area contributed by atoms with Crippen molar-refractivity contribution < 1.29 is 28.6 Å². The molecule has 1 N–H and O–H groups in total. The molecule has 0 radical (unpaired) electrons. The summed E-state index contributed by atoms with van der Waals surface area (Å²) in [6.45, 7) is 2.10. The van der Waals surface area contributed by atoms with Crippen LogP contribution in [0.25, 0.3) is 6.08 Å². The molecule has 1 fully saturated rings. The second-order valence-electron chi connectivity index (χ2n) is 8.16. The number of hydrogen-bond donors (Lipinski definition) is 1. The van der Waals surface area contributed by atoms with Crippen molar-refractivity contribution in [2.24, 2.45) is 0 Å². The van der Waals surface area contributed by atoms with Crippen molar-refractivity contribution in [2.75, 3.05) is 25.6 Å². The Morgan fingerprint density at radius 1 is 1.08 bits per heavy atom. The van der Waals surface area contributed by atoms with Crippen LogP contribution in [0.15, 0.2) is 65.6 Å². The van der Waals surface area contributed by atoms with E-state index >= 15 is 0 Å². The van der Waals surface area contributed by atoms with Crippen molar-refractivity contribution in [2.45, 2.75) is 13.5 Å². The maximum Gasteiger partial charge on any atom is 0.294 e. The zero-order chi connectivity index (χ0) is 27.9. The Balaban J connectivity index is 1.50. The van der Waals surface area contributed by atoms with Gasteiger partial charge in [0.1, 0.15) is 18.9 Å². The van der Waals surface area contributed by atoms with Crippen LogP contribution in [0.3, 0.4) is 0 Å².